The van der Waals surface area contributed by atoms with Gasteiger partial charge in [0.2, 0.25) is 5.91 Å². The number of hydrogen-bond donors (Lipinski definition) is 2. The first kappa shape index (κ1) is 12.8. The molecule has 0 aliphatic carbocycles. The first-order valence-electron chi connectivity index (χ1n) is 6.13. The van der Waals surface area contributed by atoms with Gasteiger partial charge in [-0.1, -0.05) is 12.1 Å². The van der Waals surface area contributed by atoms with E-state index < -0.39 is 5.82 Å². The number of para-hydroxylation sites is 1. The zero-order valence-electron chi connectivity index (χ0n) is 10.1. The number of benzene rings is 1. The third-order valence-electron chi connectivity index (χ3n) is 2.85. The van der Waals surface area contributed by atoms with Crippen LogP contribution in [0, 0.1) is 5.82 Å². The van der Waals surface area contributed by atoms with Gasteiger partial charge in [-0.05, 0) is 25.1 Å². The van der Waals surface area contributed by atoms with Crippen LogP contribution in [0.2, 0.25) is 0 Å². The van der Waals surface area contributed by atoms with Crippen molar-refractivity contribution in [3.63, 3.8) is 0 Å². The van der Waals surface area contributed by atoms with Crippen LogP contribution >= 0.6 is 0 Å². The maximum absolute atomic E-state index is 13.2. The second-order valence-electron chi connectivity index (χ2n) is 4.29. The molecule has 1 aliphatic rings. The Labute approximate surface area is 106 Å². The zero-order chi connectivity index (χ0) is 12.8. The monoisotopic (exact) mass is 252 g/mol. The summed E-state index contributed by atoms with van der Waals surface area (Å²) in [6, 6.07) is 6.39. The van der Waals surface area contributed by atoms with Gasteiger partial charge in [0.1, 0.15) is 0 Å². The highest BCUT2D eigenvalue weighted by Gasteiger charge is 2.16. The van der Waals surface area contributed by atoms with Crippen molar-refractivity contribution in [2.75, 3.05) is 19.7 Å². The number of rotatable bonds is 5. The van der Waals surface area contributed by atoms with Crippen molar-refractivity contribution in [3.05, 3.63) is 30.1 Å². The number of halogens is 1. The standard InChI is InChI=1S/C13H17FN2O2/c14-11-3-1-2-4-12(11)18-8-6-13(17)16-10-5-7-15-9-10/h1-4,10,15H,5-9H2,(H,16,17). The summed E-state index contributed by atoms with van der Waals surface area (Å²) in [5.41, 5.74) is 0. The molecule has 1 amide bonds. The van der Waals surface area contributed by atoms with Gasteiger partial charge < -0.3 is 15.4 Å². The third kappa shape index (κ3) is 3.70. The van der Waals surface area contributed by atoms with Crippen LogP contribution in [-0.4, -0.2) is 31.6 Å². The fourth-order valence-corrected chi connectivity index (χ4v) is 1.89. The summed E-state index contributed by atoms with van der Waals surface area (Å²) in [6.45, 7) is 1.95. The van der Waals surface area contributed by atoms with Gasteiger partial charge in [0, 0.05) is 12.6 Å². The van der Waals surface area contributed by atoms with Gasteiger partial charge in [0.25, 0.3) is 0 Å². The smallest absolute Gasteiger partial charge is 0.223 e. The van der Waals surface area contributed by atoms with E-state index in [0.717, 1.165) is 19.5 Å². The molecule has 0 saturated carbocycles. The summed E-state index contributed by atoms with van der Waals surface area (Å²) in [5.74, 6) is -0.272. The summed E-state index contributed by atoms with van der Waals surface area (Å²) in [4.78, 5) is 11.6. The minimum absolute atomic E-state index is 0.0555. The van der Waals surface area contributed by atoms with Gasteiger partial charge in [0.05, 0.1) is 13.0 Å². The predicted octanol–water partition coefficient (Wildman–Crippen LogP) is 1.07. The molecule has 1 atom stereocenters. The molecule has 5 heteroatoms. The molecule has 4 nitrogen and oxygen atoms in total. The van der Waals surface area contributed by atoms with Crippen molar-refractivity contribution >= 4 is 5.91 Å². The average molecular weight is 252 g/mol. The number of carbonyl (C=O) groups is 1. The van der Waals surface area contributed by atoms with Gasteiger partial charge in [-0.3, -0.25) is 4.79 Å². The third-order valence-corrected chi connectivity index (χ3v) is 2.85. The normalized spacial score (nSPS) is 18.6. The lowest BCUT2D eigenvalue weighted by Gasteiger charge is -2.11. The molecule has 1 heterocycles. The first-order chi connectivity index (χ1) is 8.75. The lowest BCUT2D eigenvalue weighted by atomic mass is 10.2. The van der Waals surface area contributed by atoms with Crippen LogP contribution in [0.15, 0.2) is 24.3 Å². The molecule has 1 saturated heterocycles. The summed E-state index contributed by atoms with van der Waals surface area (Å²) >= 11 is 0. The van der Waals surface area contributed by atoms with Gasteiger partial charge in [0.15, 0.2) is 11.6 Å². The lowest BCUT2D eigenvalue weighted by molar-refractivity contribution is -0.122. The minimum atomic E-state index is -0.405. The average Bonchev–Trinajstić information content (AvgIpc) is 2.84. The Hall–Kier alpha value is -1.62. The fraction of sp³-hybridized carbons (Fsp3) is 0.462. The van der Waals surface area contributed by atoms with Crippen molar-refractivity contribution in [2.24, 2.45) is 0 Å². The largest absolute Gasteiger partial charge is 0.490 e. The number of nitrogens with one attached hydrogen (secondary N) is 2. The number of carbonyl (C=O) groups excluding carboxylic acids is 1. The van der Waals surface area contributed by atoms with Crippen molar-refractivity contribution in [3.8, 4) is 5.75 Å². The SMILES string of the molecule is O=C(CCOc1ccccc1F)NC1CCNC1. The Kier molecular flexibility index (Phi) is 4.52. The summed E-state index contributed by atoms with van der Waals surface area (Å²) in [5, 5.41) is 6.08. The second kappa shape index (κ2) is 6.35. The van der Waals surface area contributed by atoms with Crippen molar-refractivity contribution < 1.29 is 13.9 Å². The molecular weight excluding hydrogens is 235 g/mol. The van der Waals surface area contributed by atoms with Crippen LogP contribution < -0.4 is 15.4 Å². The van der Waals surface area contributed by atoms with Crippen molar-refractivity contribution in [2.45, 2.75) is 18.9 Å². The van der Waals surface area contributed by atoms with E-state index in [1.165, 1.54) is 6.07 Å². The molecule has 0 aromatic heterocycles. The molecule has 1 fully saturated rings. The summed E-state index contributed by atoms with van der Waals surface area (Å²) in [7, 11) is 0. The second-order valence-corrected chi connectivity index (χ2v) is 4.29. The van der Waals surface area contributed by atoms with E-state index in [4.69, 9.17) is 4.74 Å². The van der Waals surface area contributed by atoms with E-state index in [-0.39, 0.29) is 30.7 Å². The lowest BCUT2D eigenvalue weighted by Crippen LogP contribution is -2.36. The van der Waals surface area contributed by atoms with Crippen molar-refractivity contribution in [1.82, 2.24) is 10.6 Å². The van der Waals surface area contributed by atoms with Crippen LogP contribution in [-0.2, 0) is 4.79 Å². The fourth-order valence-electron chi connectivity index (χ4n) is 1.89. The molecule has 1 aromatic carbocycles. The van der Waals surface area contributed by atoms with Gasteiger partial charge in [-0.25, -0.2) is 4.39 Å². The van der Waals surface area contributed by atoms with Crippen molar-refractivity contribution in [1.29, 1.82) is 0 Å². The Bertz CT molecular complexity index is 406. The predicted molar refractivity (Wildman–Crippen MR) is 65.9 cm³/mol. The Morgan fingerprint density at radius 2 is 2.33 bits per heavy atom. The van der Waals surface area contributed by atoms with Gasteiger partial charge >= 0.3 is 0 Å². The van der Waals surface area contributed by atoms with E-state index in [0.29, 0.717) is 0 Å². The summed E-state index contributed by atoms with van der Waals surface area (Å²) in [6.07, 6.45) is 1.20. The minimum Gasteiger partial charge on any atom is -0.490 e. The molecular formula is C13H17FN2O2. The highest BCUT2D eigenvalue weighted by molar-refractivity contribution is 5.76. The topological polar surface area (TPSA) is 50.4 Å². The molecule has 0 spiro atoms. The van der Waals surface area contributed by atoms with Crippen LogP contribution in [0.1, 0.15) is 12.8 Å². The van der Waals surface area contributed by atoms with E-state index >= 15 is 0 Å². The van der Waals surface area contributed by atoms with Gasteiger partial charge in [-0.2, -0.15) is 0 Å². The molecule has 0 radical (unpaired) electrons. The van der Waals surface area contributed by atoms with Crippen LogP contribution in [0.25, 0.3) is 0 Å². The highest BCUT2D eigenvalue weighted by Crippen LogP contribution is 2.15. The van der Waals surface area contributed by atoms with E-state index in [1.54, 1.807) is 18.2 Å². The maximum atomic E-state index is 13.2. The molecule has 1 aliphatic heterocycles. The van der Waals surface area contributed by atoms with E-state index in [9.17, 15) is 9.18 Å². The molecule has 0 bridgehead atoms. The Morgan fingerprint density at radius 3 is 3.06 bits per heavy atom. The molecule has 98 valence electrons. The molecule has 2 rings (SSSR count). The van der Waals surface area contributed by atoms with Crippen LogP contribution in [0.4, 0.5) is 4.39 Å². The van der Waals surface area contributed by atoms with Gasteiger partial charge in [-0.15, -0.1) is 0 Å². The highest BCUT2D eigenvalue weighted by atomic mass is 19.1. The molecule has 1 aromatic rings. The zero-order valence-corrected chi connectivity index (χ0v) is 10.1. The van der Waals surface area contributed by atoms with E-state index in [1.807, 2.05) is 0 Å². The number of hydrogen-bond acceptors (Lipinski definition) is 3. The summed E-state index contributed by atoms with van der Waals surface area (Å²) < 4.78 is 18.4. The Morgan fingerprint density at radius 1 is 1.50 bits per heavy atom. The van der Waals surface area contributed by atoms with Crippen LogP contribution in [0.3, 0.4) is 0 Å². The quantitative estimate of drug-likeness (QED) is 0.824. The maximum Gasteiger partial charge on any atom is 0.223 e. The number of ether oxygens (including phenoxy) is 1. The number of amides is 1. The van der Waals surface area contributed by atoms with Crippen LogP contribution in [0.5, 0.6) is 5.75 Å². The first-order valence-corrected chi connectivity index (χ1v) is 6.13. The van der Waals surface area contributed by atoms with E-state index in [2.05, 4.69) is 10.6 Å². The molecule has 2 N–H and O–H groups in total. The molecule has 18 heavy (non-hydrogen) atoms. The Balaban J connectivity index is 1.68. The molecule has 1 unspecified atom stereocenters.